The number of aromatic nitrogens is 1. The molecule has 0 saturated carbocycles. The van der Waals surface area contributed by atoms with Gasteiger partial charge in [-0.2, -0.15) is 0 Å². The summed E-state index contributed by atoms with van der Waals surface area (Å²) in [6.07, 6.45) is 2.88. The average molecular weight is 291 g/mol. The molecule has 1 aliphatic rings. The number of rotatable bonds is 2. The molecule has 20 heavy (non-hydrogen) atoms. The van der Waals surface area contributed by atoms with E-state index in [2.05, 4.69) is 9.98 Å². The van der Waals surface area contributed by atoms with Crippen LogP contribution in [0.1, 0.15) is 25.0 Å². The summed E-state index contributed by atoms with van der Waals surface area (Å²) in [7, 11) is 0. The maximum absolute atomic E-state index is 9.99. The normalized spacial score (nSPS) is 19.4. The number of hydrogen-bond acceptors (Lipinski definition) is 4. The first-order valence-corrected chi connectivity index (χ1v) is 7.13. The maximum atomic E-state index is 9.99. The van der Waals surface area contributed by atoms with E-state index in [1.54, 1.807) is 0 Å². The molecule has 2 heterocycles. The highest BCUT2D eigenvalue weighted by atomic mass is 35.5. The number of hydrogen-bond donors (Lipinski definition) is 1. The average Bonchev–Trinajstić information content (AvgIpc) is 2.72. The molecule has 0 radical (unpaired) electrons. The molecule has 1 aromatic heterocycles. The van der Waals surface area contributed by atoms with Gasteiger partial charge < -0.3 is 9.52 Å². The number of nitrogens with zero attached hydrogens (tertiary/aromatic N) is 2. The predicted octanol–water partition coefficient (Wildman–Crippen LogP) is 3.63. The van der Waals surface area contributed by atoms with Crippen LogP contribution < -0.4 is 0 Å². The summed E-state index contributed by atoms with van der Waals surface area (Å²) in [5, 5.41) is 9.76. The molecule has 5 heteroatoms. The summed E-state index contributed by atoms with van der Waals surface area (Å²) in [5.74, 6) is 0.170. The zero-order valence-electron chi connectivity index (χ0n) is 10.9. The van der Waals surface area contributed by atoms with Crippen molar-refractivity contribution >= 4 is 17.3 Å². The van der Waals surface area contributed by atoms with Gasteiger partial charge in [0.15, 0.2) is 5.69 Å². The summed E-state index contributed by atoms with van der Waals surface area (Å²) in [4.78, 5) is 8.81. The Morgan fingerprint density at radius 2 is 2.00 bits per heavy atom. The minimum absolute atomic E-state index is 0.213. The Balaban J connectivity index is 1.99. The number of aliphatic imine (C=N–C) groups is 1. The van der Waals surface area contributed by atoms with E-state index in [9.17, 15) is 5.11 Å². The van der Waals surface area contributed by atoms with Crippen LogP contribution in [0.4, 0.5) is 0 Å². The highest BCUT2D eigenvalue weighted by Crippen LogP contribution is 2.29. The molecule has 1 N–H and O–H groups in total. The van der Waals surface area contributed by atoms with Crippen LogP contribution in [-0.2, 0) is 0 Å². The molecule has 0 aliphatic carbocycles. The van der Waals surface area contributed by atoms with E-state index >= 15 is 0 Å². The van der Waals surface area contributed by atoms with Crippen molar-refractivity contribution in [3.63, 3.8) is 0 Å². The van der Waals surface area contributed by atoms with Crippen molar-refractivity contribution < 1.29 is 9.52 Å². The van der Waals surface area contributed by atoms with Crippen LogP contribution in [-0.4, -0.2) is 27.7 Å². The lowest BCUT2D eigenvalue weighted by atomic mass is 10.1. The fraction of sp³-hybridized carbons (Fsp3) is 0.333. The Morgan fingerprint density at radius 3 is 2.80 bits per heavy atom. The van der Waals surface area contributed by atoms with Crippen LogP contribution in [0.15, 0.2) is 39.7 Å². The highest BCUT2D eigenvalue weighted by molar-refractivity contribution is 6.35. The van der Waals surface area contributed by atoms with Gasteiger partial charge in [-0.25, -0.2) is 4.98 Å². The molecular formula is C15H15ClN2O2. The van der Waals surface area contributed by atoms with Gasteiger partial charge >= 0.3 is 5.95 Å². The molecule has 3 rings (SSSR count). The van der Waals surface area contributed by atoms with E-state index in [-0.39, 0.29) is 11.3 Å². The van der Waals surface area contributed by atoms with Gasteiger partial charge in [-0.1, -0.05) is 18.2 Å². The first kappa shape index (κ1) is 13.2. The standard InChI is InChI=1S/C15H15ClN2O2/c16-11-8-4-5-9-17-12(11)13-15(19)20-14(18-13)10-6-2-1-3-7-10/h1-3,6-7,11,19H,4-5,8-9H2/t11-/m1/s1. The Morgan fingerprint density at radius 1 is 1.20 bits per heavy atom. The van der Waals surface area contributed by atoms with Gasteiger partial charge in [0.2, 0.25) is 5.89 Å². The van der Waals surface area contributed by atoms with E-state index < -0.39 is 0 Å². The van der Waals surface area contributed by atoms with Crippen LogP contribution >= 0.6 is 11.6 Å². The third kappa shape index (κ3) is 2.56. The molecule has 1 aromatic carbocycles. The Labute approximate surface area is 122 Å². The van der Waals surface area contributed by atoms with Gasteiger partial charge in [0, 0.05) is 12.1 Å². The molecule has 0 spiro atoms. The lowest BCUT2D eigenvalue weighted by molar-refractivity contribution is 0.336. The van der Waals surface area contributed by atoms with Crippen molar-refractivity contribution in [1.82, 2.24) is 4.98 Å². The second-order valence-corrected chi connectivity index (χ2v) is 5.30. The van der Waals surface area contributed by atoms with Crippen molar-refractivity contribution in [2.45, 2.75) is 24.6 Å². The van der Waals surface area contributed by atoms with Crippen molar-refractivity contribution in [3.8, 4) is 17.4 Å². The summed E-state index contributed by atoms with van der Waals surface area (Å²) in [6, 6.07) is 9.45. The number of halogens is 1. The van der Waals surface area contributed by atoms with E-state index in [4.69, 9.17) is 16.0 Å². The quantitative estimate of drug-likeness (QED) is 0.859. The van der Waals surface area contributed by atoms with Gasteiger partial charge in [0.05, 0.1) is 11.1 Å². The molecule has 1 aliphatic heterocycles. The number of alkyl halides is 1. The smallest absolute Gasteiger partial charge is 0.312 e. The molecule has 0 bridgehead atoms. The predicted molar refractivity (Wildman–Crippen MR) is 78.5 cm³/mol. The molecule has 0 fully saturated rings. The topological polar surface area (TPSA) is 58.6 Å². The molecule has 0 saturated heterocycles. The lowest BCUT2D eigenvalue weighted by Gasteiger charge is -2.06. The van der Waals surface area contributed by atoms with E-state index in [1.807, 2.05) is 30.3 Å². The molecule has 2 aromatic rings. The Kier molecular flexibility index (Phi) is 3.74. The molecule has 104 valence electrons. The minimum atomic E-state index is -0.225. The van der Waals surface area contributed by atoms with Crippen molar-refractivity contribution in [2.24, 2.45) is 4.99 Å². The molecule has 0 amide bonds. The minimum Gasteiger partial charge on any atom is -0.479 e. The zero-order valence-corrected chi connectivity index (χ0v) is 11.7. The van der Waals surface area contributed by atoms with Crippen LogP contribution in [0.2, 0.25) is 0 Å². The van der Waals surface area contributed by atoms with E-state index in [0.717, 1.165) is 24.8 Å². The highest BCUT2D eigenvalue weighted by Gasteiger charge is 2.25. The van der Waals surface area contributed by atoms with E-state index in [0.29, 0.717) is 23.8 Å². The molecule has 1 atom stereocenters. The first-order chi connectivity index (χ1) is 9.75. The molecule has 4 nitrogen and oxygen atoms in total. The number of benzene rings is 1. The third-order valence-corrected chi connectivity index (χ3v) is 3.74. The molecular weight excluding hydrogens is 276 g/mol. The Hall–Kier alpha value is -1.81. The van der Waals surface area contributed by atoms with Gasteiger partial charge in [0.1, 0.15) is 0 Å². The maximum Gasteiger partial charge on any atom is 0.312 e. The van der Waals surface area contributed by atoms with Crippen LogP contribution in [0, 0.1) is 0 Å². The van der Waals surface area contributed by atoms with Gasteiger partial charge in [-0.05, 0) is 31.4 Å². The molecule has 0 unspecified atom stereocenters. The SMILES string of the molecule is Oc1oc(-c2ccccc2)nc1C1=NCCCC[C@H]1Cl. The largest absolute Gasteiger partial charge is 0.479 e. The van der Waals surface area contributed by atoms with Crippen LogP contribution in [0.25, 0.3) is 11.5 Å². The van der Waals surface area contributed by atoms with E-state index in [1.165, 1.54) is 0 Å². The fourth-order valence-electron chi connectivity index (χ4n) is 2.28. The van der Waals surface area contributed by atoms with Crippen molar-refractivity contribution in [2.75, 3.05) is 6.54 Å². The third-order valence-electron chi connectivity index (χ3n) is 3.32. The van der Waals surface area contributed by atoms with Gasteiger partial charge in [-0.15, -0.1) is 11.6 Å². The van der Waals surface area contributed by atoms with Crippen molar-refractivity contribution in [1.29, 1.82) is 0 Å². The van der Waals surface area contributed by atoms with Gasteiger partial charge in [0.25, 0.3) is 0 Å². The summed E-state index contributed by atoms with van der Waals surface area (Å²) >= 11 is 6.33. The Bertz CT molecular complexity index is 622. The second-order valence-electron chi connectivity index (χ2n) is 4.77. The van der Waals surface area contributed by atoms with Crippen molar-refractivity contribution in [3.05, 3.63) is 36.0 Å². The lowest BCUT2D eigenvalue weighted by Crippen LogP contribution is -2.15. The summed E-state index contributed by atoms with van der Waals surface area (Å²) in [5.41, 5.74) is 1.81. The van der Waals surface area contributed by atoms with Crippen LogP contribution in [0.5, 0.6) is 5.95 Å². The fourth-order valence-corrected chi connectivity index (χ4v) is 2.60. The first-order valence-electron chi connectivity index (χ1n) is 6.69. The monoisotopic (exact) mass is 290 g/mol. The summed E-state index contributed by atoms with van der Waals surface area (Å²) < 4.78 is 5.35. The second kappa shape index (κ2) is 5.67. The summed E-state index contributed by atoms with van der Waals surface area (Å²) in [6.45, 7) is 0.714. The van der Waals surface area contributed by atoms with Gasteiger partial charge in [-0.3, -0.25) is 4.99 Å². The number of aromatic hydroxyl groups is 1. The zero-order chi connectivity index (χ0) is 13.9. The number of oxazole rings is 1. The van der Waals surface area contributed by atoms with Crippen LogP contribution in [0.3, 0.4) is 0 Å².